The lowest BCUT2D eigenvalue weighted by Crippen LogP contribution is -2.30. The Morgan fingerprint density at radius 1 is 1.28 bits per heavy atom. The highest BCUT2D eigenvalue weighted by Gasteiger charge is 2.22. The van der Waals surface area contributed by atoms with Crippen molar-refractivity contribution >= 4 is 40.8 Å². The minimum atomic E-state index is -1.05. The van der Waals surface area contributed by atoms with Gasteiger partial charge in [-0.15, -0.1) is 0 Å². The number of halogens is 2. The van der Waals surface area contributed by atoms with E-state index in [2.05, 4.69) is 10.3 Å². The monoisotopic (exact) mass is 382 g/mol. The average Bonchev–Trinajstić information content (AvgIpc) is 2.58. The van der Waals surface area contributed by atoms with E-state index in [0.717, 1.165) is 0 Å². The van der Waals surface area contributed by atoms with Gasteiger partial charge in [0.05, 0.1) is 17.3 Å². The molecule has 1 heterocycles. The number of anilines is 1. The lowest BCUT2D eigenvalue weighted by atomic mass is 10.2. The molecule has 0 bridgehead atoms. The molecule has 8 heteroatoms. The van der Waals surface area contributed by atoms with Gasteiger partial charge in [0, 0.05) is 11.2 Å². The molecular weight excluding hydrogens is 367 g/mol. The maximum Gasteiger partial charge on any atom is 0.344 e. The third-order valence-electron chi connectivity index (χ3n) is 3.11. The Morgan fingerprint density at radius 3 is 2.72 bits per heavy atom. The first kappa shape index (κ1) is 19.0. The zero-order valence-electron chi connectivity index (χ0n) is 13.6. The molecule has 0 saturated heterocycles. The topological polar surface area (TPSA) is 77.5 Å². The number of rotatable bonds is 6. The molecule has 1 aromatic heterocycles. The number of aromatic nitrogens is 1. The largest absolute Gasteiger partial charge is 0.477 e. The molecule has 1 unspecified atom stereocenters. The van der Waals surface area contributed by atoms with Crippen LogP contribution in [0.15, 0.2) is 36.5 Å². The number of pyridine rings is 1. The van der Waals surface area contributed by atoms with Crippen LogP contribution in [0.4, 0.5) is 5.69 Å². The summed E-state index contributed by atoms with van der Waals surface area (Å²) in [5.74, 6) is -1.08. The van der Waals surface area contributed by atoms with Gasteiger partial charge in [0.25, 0.3) is 5.91 Å². The number of hydrogen-bond acceptors (Lipinski definition) is 5. The number of esters is 1. The number of benzene rings is 1. The molecule has 0 aliphatic carbocycles. The molecule has 1 atom stereocenters. The maximum atomic E-state index is 12.3. The van der Waals surface area contributed by atoms with E-state index in [4.69, 9.17) is 32.7 Å². The van der Waals surface area contributed by atoms with Crippen LogP contribution in [-0.2, 0) is 9.53 Å². The first-order valence-corrected chi connectivity index (χ1v) is 8.22. The average molecular weight is 383 g/mol. The molecule has 1 amide bonds. The Morgan fingerprint density at radius 2 is 2.04 bits per heavy atom. The predicted molar refractivity (Wildman–Crippen MR) is 95.4 cm³/mol. The summed E-state index contributed by atoms with van der Waals surface area (Å²) in [5.41, 5.74) is 0.517. The fraction of sp³-hybridized carbons (Fsp3) is 0.235. The van der Waals surface area contributed by atoms with Crippen LogP contribution in [0.5, 0.6) is 5.88 Å². The second kappa shape index (κ2) is 8.69. The Labute approximate surface area is 155 Å². The Bertz CT molecular complexity index is 783. The van der Waals surface area contributed by atoms with Gasteiger partial charge in [-0.3, -0.25) is 4.79 Å². The molecule has 0 aliphatic rings. The molecule has 1 aromatic carbocycles. The summed E-state index contributed by atoms with van der Waals surface area (Å²) in [4.78, 5) is 28.4. The Kier molecular flexibility index (Phi) is 6.61. The maximum absolute atomic E-state index is 12.3. The van der Waals surface area contributed by atoms with Crippen LogP contribution in [0.1, 0.15) is 24.2 Å². The van der Waals surface area contributed by atoms with Crippen molar-refractivity contribution in [1.29, 1.82) is 0 Å². The van der Waals surface area contributed by atoms with E-state index in [1.54, 1.807) is 25.1 Å². The van der Waals surface area contributed by atoms with Crippen LogP contribution in [0.25, 0.3) is 0 Å². The molecule has 2 rings (SSSR count). The third kappa shape index (κ3) is 5.08. The molecular formula is C17H16Cl2N2O4. The summed E-state index contributed by atoms with van der Waals surface area (Å²) in [5, 5.41) is 3.31. The number of nitrogens with one attached hydrogen (secondary N) is 1. The van der Waals surface area contributed by atoms with Gasteiger partial charge in [-0.1, -0.05) is 23.2 Å². The van der Waals surface area contributed by atoms with Gasteiger partial charge in [-0.2, -0.15) is 0 Å². The number of amides is 1. The number of carbonyl (C=O) groups is 2. The van der Waals surface area contributed by atoms with Gasteiger partial charge >= 0.3 is 5.97 Å². The molecule has 0 saturated carbocycles. The van der Waals surface area contributed by atoms with E-state index >= 15 is 0 Å². The second-order valence-electron chi connectivity index (χ2n) is 4.95. The van der Waals surface area contributed by atoms with E-state index in [1.165, 1.54) is 25.3 Å². The van der Waals surface area contributed by atoms with Crippen molar-refractivity contribution in [3.8, 4) is 5.88 Å². The summed E-state index contributed by atoms with van der Waals surface area (Å²) in [6, 6.07) is 7.74. The Balaban J connectivity index is 2.04. The quantitative estimate of drug-likeness (QED) is 0.764. The highest BCUT2D eigenvalue weighted by Crippen LogP contribution is 2.25. The third-order valence-corrected chi connectivity index (χ3v) is 3.66. The van der Waals surface area contributed by atoms with E-state index in [0.29, 0.717) is 17.3 Å². The summed E-state index contributed by atoms with van der Waals surface area (Å²) in [7, 11) is 0. The molecule has 0 radical (unpaired) electrons. The summed E-state index contributed by atoms with van der Waals surface area (Å²) in [6.07, 6.45) is 0.453. The van der Waals surface area contributed by atoms with Crippen molar-refractivity contribution in [1.82, 2.24) is 4.98 Å². The van der Waals surface area contributed by atoms with Gasteiger partial charge in [0.2, 0.25) is 5.88 Å². The molecule has 0 aliphatic heterocycles. The first-order valence-electron chi connectivity index (χ1n) is 7.47. The van der Waals surface area contributed by atoms with Crippen LogP contribution >= 0.6 is 23.2 Å². The second-order valence-corrected chi connectivity index (χ2v) is 5.79. The van der Waals surface area contributed by atoms with Crippen LogP contribution in [0.2, 0.25) is 10.0 Å². The zero-order chi connectivity index (χ0) is 18.4. The van der Waals surface area contributed by atoms with E-state index in [1.807, 2.05) is 0 Å². The highest BCUT2D eigenvalue weighted by atomic mass is 35.5. The van der Waals surface area contributed by atoms with Crippen molar-refractivity contribution in [3.05, 3.63) is 52.1 Å². The molecule has 0 spiro atoms. The van der Waals surface area contributed by atoms with Crippen molar-refractivity contribution < 1.29 is 19.1 Å². The van der Waals surface area contributed by atoms with Gasteiger partial charge in [-0.05, 0) is 44.2 Å². The zero-order valence-corrected chi connectivity index (χ0v) is 15.1. The first-order chi connectivity index (χ1) is 11.9. The van der Waals surface area contributed by atoms with Crippen LogP contribution in [0, 0.1) is 0 Å². The van der Waals surface area contributed by atoms with Gasteiger partial charge < -0.3 is 14.8 Å². The highest BCUT2D eigenvalue weighted by molar-refractivity contribution is 6.36. The molecule has 25 heavy (non-hydrogen) atoms. The number of hydrogen-bond donors (Lipinski definition) is 1. The number of nitrogens with zero attached hydrogens (tertiary/aromatic N) is 1. The Hall–Kier alpha value is -2.31. The predicted octanol–water partition coefficient (Wildman–Crippen LogP) is 3.97. The minimum absolute atomic E-state index is 0.147. The van der Waals surface area contributed by atoms with Crippen molar-refractivity contribution in [3.63, 3.8) is 0 Å². The normalized spacial score (nSPS) is 11.5. The SMILES string of the molecule is CCOc1ncccc1C(=O)OC(C)C(=O)Nc1ccc(Cl)cc1Cl. The number of ether oxygens (including phenoxy) is 2. The minimum Gasteiger partial charge on any atom is -0.477 e. The lowest BCUT2D eigenvalue weighted by molar-refractivity contribution is -0.123. The van der Waals surface area contributed by atoms with Gasteiger partial charge in [0.15, 0.2) is 6.10 Å². The van der Waals surface area contributed by atoms with E-state index in [-0.39, 0.29) is 16.5 Å². The van der Waals surface area contributed by atoms with E-state index in [9.17, 15) is 9.59 Å². The van der Waals surface area contributed by atoms with Crippen LogP contribution < -0.4 is 10.1 Å². The van der Waals surface area contributed by atoms with Crippen LogP contribution in [0.3, 0.4) is 0 Å². The lowest BCUT2D eigenvalue weighted by Gasteiger charge is -2.15. The molecule has 2 aromatic rings. The van der Waals surface area contributed by atoms with Crippen molar-refractivity contribution in [2.75, 3.05) is 11.9 Å². The number of carbonyl (C=O) groups excluding carboxylic acids is 2. The van der Waals surface area contributed by atoms with Gasteiger partial charge in [-0.25, -0.2) is 9.78 Å². The van der Waals surface area contributed by atoms with Crippen LogP contribution in [-0.4, -0.2) is 29.6 Å². The summed E-state index contributed by atoms with van der Waals surface area (Å²) >= 11 is 11.8. The van der Waals surface area contributed by atoms with E-state index < -0.39 is 18.0 Å². The van der Waals surface area contributed by atoms with Crippen molar-refractivity contribution in [2.45, 2.75) is 20.0 Å². The fourth-order valence-electron chi connectivity index (χ4n) is 1.90. The molecule has 1 N–H and O–H groups in total. The molecule has 132 valence electrons. The van der Waals surface area contributed by atoms with Crippen molar-refractivity contribution in [2.24, 2.45) is 0 Å². The fourth-order valence-corrected chi connectivity index (χ4v) is 2.36. The molecule has 6 nitrogen and oxygen atoms in total. The van der Waals surface area contributed by atoms with Gasteiger partial charge in [0.1, 0.15) is 5.56 Å². The smallest absolute Gasteiger partial charge is 0.344 e. The summed E-state index contributed by atoms with van der Waals surface area (Å²) in [6.45, 7) is 3.58. The summed E-state index contributed by atoms with van der Waals surface area (Å²) < 4.78 is 10.5. The molecule has 0 fully saturated rings. The standard InChI is InChI=1S/C17H16Cl2N2O4/c1-3-24-16-12(5-4-8-20-16)17(23)25-10(2)15(22)21-14-7-6-11(18)9-13(14)19/h4-10H,3H2,1-2H3,(H,21,22).